The Morgan fingerprint density at radius 1 is 1.27 bits per heavy atom. The van der Waals surface area contributed by atoms with Gasteiger partial charge in [-0.2, -0.15) is 0 Å². The van der Waals surface area contributed by atoms with Crippen LogP contribution < -0.4 is 5.73 Å². The minimum Gasteiger partial charge on any atom is -0.449 e. The van der Waals surface area contributed by atoms with Gasteiger partial charge in [-0.25, -0.2) is 0 Å². The zero-order valence-electron chi connectivity index (χ0n) is 5.67. The smallest absolute Gasteiger partial charge is 0.170 e. The molecule has 2 aromatic rings. The highest BCUT2D eigenvalue weighted by atomic mass is 79.9. The van der Waals surface area contributed by atoms with E-state index in [0.717, 1.165) is 21.3 Å². The summed E-state index contributed by atoms with van der Waals surface area (Å²) >= 11 is 3.24. The number of hydrogen-bond donors (Lipinski definition) is 1. The van der Waals surface area contributed by atoms with Crippen LogP contribution in [0.15, 0.2) is 33.4 Å². The van der Waals surface area contributed by atoms with Crippen LogP contribution in [0.1, 0.15) is 0 Å². The van der Waals surface area contributed by atoms with Crippen LogP contribution in [0.4, 0.5) is 5.69 Å². The number of fused-ring (bicyclic) bond motifs is 1. The van der Waals surface area contributed by atoms with E-state index < -0.39 is 0 Å². The molecule has 0 spiro atoms. The van der Waals surface area contributed by atoms with Gasteiger partial charge in [-0.05, 0) is 34.1 Å². The van der Waals surface area contributed by atoms with Crippen molar-refractivity contribution >= 4 is 32.6 Å². The zero-order valence-corrected chi connectivity index (χ0v) is 7.26. The summed E-state index contributed by atoms with van der Waals surface area (Å²) in [5.41, 5.74) is 7.10. The van der Waals surface area contributed by atoms with E-state index in [2.05, 4.69) is 15.9 Å². The summed E-state index contributed by atoms with van der Waals surface area (Å²) < 4.78 is 6.02. The lowest BCUT2D eigenvalue weighted by molar-refractivity contribution is 0.587. The molecule has 0 fully saturated rings. The minimum absolute atomic E-state index is 0.722. The molecule has 0 aliphatic heterocycles. The normalized spacial score (nSPS) is 10.6. The number of benzene rings is 1. The number of anilines is 1. The maximum absolute atomic E-state index is 5.56. The number of halogens is 1. The fraction of sp³-hybridized carbons (Fsp3) is 0. The molecule has 11 heavy (non-hydrogen) atoms. The largest absolute Gasteiger partial charge is 0.449 e. The number of rotatable bonds is 0. The highest BCUT2D eigenvalue weighted by molar-refractivity contribution is 9.10. The standard InChI is InChI=1S/C8H6BrNO/c9-8-3-5-1-2-6(10)4-7(5)11-8/h1-4H,10H2. The predicted molar refractivity (Wildman–Crippen MR) is 48.3 cm³/mol. The minimum atomic E-state index is 0.722. The summed E-state index contributed by atoms with van der Waals surface area (Å²) in [6, 6.07) is 7.50. The lowest BCUT2D eigenvalue weighted by Gasteiger charge is -1.89. The van der Waals surface area contributed by atoms with Gasteiger partial charge in [0.2, 0.25) is 0 Å². The van der Waals surface area contributed by atoms with Gasteiger partial charge in [-0.3, -0.25) is 0 Å². The molecule has 1 aromatic heterocycles. The number of nitrogen functional groups attached to an aromatic ring is 1. The number of nitrogens with two attached hydrogens (primary N) is 1. The zero-order chi connectivity index (χ0) is 7.84. The van der Waals surface area contributed by atoms with E-state index in [-0.39, 0.29) is 0 Å². The van der Waals surface area contributed by atoms with Crippen molar-refractivity contribution in [3.05, 3.63) is 28.9 Å². The average Bonchev–Trinajstić information content (AvgIpc) is 2.27. The van der Waals surface area contributed by atoms with E-state index in [1.807, 2.05) is 18.2 Å². The van der Waals surface area contributed by atoms with E-state index in [1.54, 1.807) is 6.07 Å². The molecule has 1 aromatic carbocycles. The Bertz CT molecular complexity index is 394. The monoisotopic (exact) mass is 211 g/mol. The SMILES string of the molecule is Nc1ccc2cc(Br)oc2c1. The molecule has 0 amide bonds. The summed E-state index contributed by atoms with van der Waals surface area (Å²) in [6.07, 6.45) is 0. The van der Waals surface area contributed by atoms with Crippen molar-refractivity contribution in [2.24, 2.45) is 0 Å². The Hall–Kier alpha value is -0.960. The predicted octanol–water partition coefficient (Wildman–Crippen LogP) is 2.78. The maximum Gasteiger partial charge on any atom is 0.170 e. The van der Waals surface area contributed by atoms with Gasteiger partial charge in [0.05, 0.1) is 0 Å². The highest BCUT2D eigenvalue weighted by Crippen LogP contribution is 2.24. The first-order valence-corrected chi connectivity index (χ1v) is 3.99. The van der Waals surface area contributed by atoms with E-state index in [9.17, 15) is 0 Å². The van der Waals surface area contributed by atoms with Crippen LogP contribution in [0.25, 0.3) is 11.0 Å². The van der Waals surface area contributed by atoms with Gasteiger partial charge in [0.25, 0.3) is 0 Å². The molecule has 0 aliphatic rings. The van der Waals surface area contributed by atoms with Crippen LogP contribution in [-0.4, -0.2) is 0 Å². The van der Waals surface area contributed by atoms with Gasteiger partial charge in [-0.1, -0.05) is 0 Å². The molecular weight excluding hydrogens is 206 g/mol. The Morgan fingerprint density at radius 3 is 2.91 bits per heavy atom. The van der Waals surface area contributed by atoms with Crippen molar-refractivity contribution in [3.8, 4) is 0 Å². The van der Waals surface area contributed by atoms with Crippen molar-refractivity contribution in [2.45, 2.75) is 0 Å². The van der Waals surface area contributed by atoms with Gasteiger partial charge in [0.15, 0.2) is 4.67 Å². The molecule has 0 atom stereocenters. The van der Waals surface area contributed by atoms with Crippen molar-refractivity contribution in [2.75, 3.05) is 5.73 Å². The third-order valence-corrected chi connectivity index (χ3v) is 1.90. The second-order valence-electron chi connectivity index (χ2n) is 2.35. The molecule has 56 valence electrons. The van der Waals surface area contributed by atoms with Crippen LogP contribution >= 0.6 is 15.9 Å². The molecule has 2 N–H and O–H groups in total. The fourth-order valence-corrected chi connectivity index (χ4v) is 1.44. The van der Waals surface area contributed by atoms with Crippen LogP contribution in [0.3, 0.4) is 0 Å². The van der Waals surface area contributed by atoms with E-state index in [4.69, 9.17) is 10.2 Å². The molecule has 0 saturated heterocycles. The Morgan fingerprint density at radius 2 is 2.09 bits per heavy atom. The van der Waals surface area contributed by atoms with Crippen molar-refractivity contribution in [1.82, 2.24) is 0 Å². The molecule has 0 saturated carbocycles. The van der Waals surface area contributed by atoms with Gasteiger partial charge in [0.1, 0.15) is 5.58 Å². The molecule has 0 radical (unpaired) electrons. The lowest BCUT2D eigenvalue weighted by atomic mass is 10.2. The first-order valence-electron chi connectivity index (χ1n) is 3.20. The second-order valence-corrected chi connectivity index (χ2v) is 3.13. The van der Waals surface area contributed by atoms with Crippen molar-refractivity contribution in [1.29, 1.82) is 0 Å². The van der Waals surface area contributed by atoms with Crippen LogP contribution in [-0.2, 0) is 0 Å². The molecule has 0 unspecified atom stereocenters. The molecule has 0 bridgehead atoms. The third kappa shape index (κ3) is 1.12. The topological polar surface area (TPSA) is 39.2 Å². The first kappa shape index (κ1) is 6.73. The van der Waals surface area contributed by atoms with Crippen LogP contribution in [0, 0.1) is 0 Å². The third-order valence-electron chi connectivity index (χ3n) is 1.51. The molecule has 1 heterocycles. The molecule has 0 aliphatic carbocycles. The summed E-state index contributed by atoms with van der Waals surface area (Å²) in [6.45, 7) is 0. The fourth-order valence-electron chi connectivity index (χ4n) is 1.02. The van der Waals surface area contributed by atoms with Crippen LogP contribution in [0.2, 0.25) is 0 Å². The van der Waals surface area contributed by atoms with E-state index in [0.29, 0.717) is 0 Å². The summed E-state index contributed by atoms with van der Waals surface area (Å²) in [5, 5.41) is 1.06. The summed E-state index contributed by atoms with van der Waals surface area (Å²) in [5.74, 6) is 0. The van der Waals surface area contributed by atoms with E-state index in [1.165, 1.54) is 0 Å². The van der Waals surface area contributed by atoms with Gasteiger partial charge < -0.3 is 10.2 Å². The number of furan rings is 1. The Labute approximate surface area is 72.1 Å². The molecule has 2 nitrogen and oxygen atoms in total. The van der Waals surface area contributed by atoms with Crippen molar-refractivity contribution < 1.29 is 4.42 Å². The summed E-state index contributed by atoms with van der Waals surface area (Å²) in [7, 11) is 0. The molecule has 2 rings (SSSR count). The molecule has 3 heteroatoms. The first-order chi connectivity index (χ1) is 5.25. The highest BCUT2D eigenvalue weighted by Gasteiger charge is 1.99. The van der Waals surface area contributed by atoms with Crippen LogP contribution in [0.5, 0.6) is 0 Å². The Kier molecular flexibility index (Phi) is 1.39. The summed E-state index contributed by atoms with van der Waals surface area (Å²) in [4.78, 5) is 0. The molecular formula is C8H6BrNO. The van der Waals surface area contributed by atoms with E-state index >= 15 is 0 Å². The number of hydrogen-bond acceptors (Lipinski definition) is 2. The lowest BCUT2D eigenvalue weighted by Crippen LogP contribution is -1.80. The Balaban J connectivity index is 2.82. The van der Waals surface area contributed by atoms with Crippen molar-refractivity contribution in [3.63, 3.8) is 0 Å². The quantitative estimate of drug-likeness (QED) is 0.682. The maximum atomic E-state index is 5.56. The second kappa shape index (κ2) is 2.27. The average molecular weight is 212 g/mol. The van der Waals surface area contributed by atoms with Gasteiger partial charge in [-0.15, -0.1) is 0 Å². The van der Waals surface area contributed by atoms with Gasteiger partial charge in [0, 0.05) is 17.1 Å². The van der Waals surface area contributed by atoms with Gasteiger partial charge >= 0.3 is 0 Å².